The molecule has 0 spiro atoms. The number of carbonyl (C=O) groups is 2. The maximum atomic E-state index is 13.2. The van der Waals surface area contributed by atoms with E-state index in [0.717, 1.165) is 6.42 Å². The van der Waals surface area contributed by atoms with Gasteiger partial charge in [-0.05, 0) is 42.2 Å². The molecule has 2 amide bonds. The molecular weight excluding hydrogens is 561 g/mol. The Labute approximate surface area is 242 Å². The lowest BCUT2D eigenvalue weighted by Gasteiger charge is -2.35. The molecule has 4 rings (SSSR count). The minimum Gasteiger partial charge on any atom is -0.501 e. The van der Waals surface area contributed by atoms with E-state index in [4.69, 9.17) is 23.2 Å². The van der Waals surface area contributed by atoms with Gasteiger partial charge in [0.05, 0.1) is 15.7 Å². The van der Waals surface area contributed by atoms with Gasteiger partial charge in [-0.3, -0.25) is 14.4 Å². The van der Waals surface area contributed by atoms with Crippen LogP contribution in [0, 0.1) is 11.8 Å². The molecule has 212 valence electrons. The highest BCUT2D eigenvalue weighted by Gasteiger charge is 2.27. The number of carbonyl (C=O) groups excluding carboxylic acids is 2. The summed E-state index contributed by atoms with van der Waals surface area (Å²) in [6.45, 7) is 9.67. The Hall–Kier alpha value is -2.69. The zero-order valence-electron chi connectivity index (χ0n) is 22.8. The highest BCUT2D eigenvalue weighted by molar-refractivity contribution is 7.97. The van der Waals surface area contributed by atoms with Crippen LogP contribution in [0.25, 0.3) is 5.78 Å². The van der Waals surface area contributed by atoms with Crippen LogP contribution in [0.3, 0.4) is 0 Å². The second kappa shape index (κ2) is 13.6. The van der Waals surface area contributed by atoms with Crippen molar-refractivity contribution in [3.63, 3.8) is 0 Å². The standard InChI is InChI=1S/C25H29Cl2N5O4S.C2H6/c1-14-6-15(2)10-30(9-14)20(33)12-31-11-17(13-37-3)32-24(36)22(34)21(29-25(31)32)23(35)28-8-16-4-5-18(26)19(27)7-16;1-2/h4-5,7,11,14-15,34H,6,8-10,12-13H2,1-3H3,(H,28,35);1-2H3. The Balaban J connectivity index is 0.00000205. The normalized spacial score (nSPS) is 17.1. The zero-order chi connectivity index (χ0) is 28.9. The van der Waals surface area contributed by atoms with Crippen molar-refractivity contribution in [3.05, 3.63) is 61.7 Å². The van der Waals surface area contributed by atoms with Crippen molar-refractivity contribution in [1.29, 1.82) is 0 Å². The number of rotatable bonds is 7. The third-order valence-electron chi connectivity index (χ3n) is 6.36. The van der Waals surface area contributed by atoms with Crippen molar-refractivity contribution in [2.45, 2.75) is 53.0 Å². The molecule has 2 atom stereocenters. The molecule has 0 aliphatic carbocycles. The van der Waals surface area contributed by atoms with Crippen molar-refractivity contribution in [1.82, 2.24) is 24.2 Å². The summed E-state index contributed by atoms with van der Waals surface area (Å²) in [5.41, 5.74) is 0.0837. The Morgan fingerprint density at radius 3 is 2.44 bits per heavy atom. The van der Waals surface area contributed by atoms with Gasteiger partial charge in [-0.15, -0.1) is 0 Å². The summed E-state index contributed by atoms with van der Waals surface area (Å²) in [5.74, 6) is -0.173. The van der Waals surface area contributed by atoms with E-state index >= 15 is 0 Å². The number of hydrogen-bond donors (Lipinski definition) is 2. The number of nitrogens with one attached hydrogen (secondary N) is 1. The van der Waals surface area contributed by atoms with Crippen molar-refractivity contribution < 1.29 is 14.7 Å². The average Bonchev–Trinajstić information content (AvgIpc) is 3.24. The number of imidazole rings is 1. The van der Waals surface area contributed by atoms with Gasteiger partial charge in [-0.1, -0.05) is 57.0 Å². The van der Waals surface area contributed by atoms with Crippen molar-refractivity contribution >= 4 is 52.6 Å². The fourth-order valence-electron chi connectivity index (χ4n) is 4.80. The van der Waals surface area contributed by atoms with Crippen LogP contribution in [-0.2, 0) is 23.6 Å². The molecular formula is C27H35Cl2N5O4S. The summed E-state index contributed by atoms with van der Waals surface area (Å²) in [6, 6.07) is 4.93. The number of amides is 2. The maximum absolute atomic E-state index is 13.2. The van der Waals surface area contributed by atoms with Gasteiger partial charge in [0.1, 0.15) is 6.54 Å². The molecule has 39 heavy (non-hydrogen) atoms. The molecule has 3 aromatic rings. The first-order chi connectivity index (χ1) is 18.6. The molecule has 2 unspecified atom stereocenters. The van der Waals surface area contributed by atoms with E-state index in [1.54, 1.807) is 29.0 Å². The summed E-state index contributed by atoms with van der Waals surface area (Å²) >= 11 is 13.5. The first-order valence-corrected chi connectivity index (χ1v) is 15.1. The van der Waals surface area contributed by atoms with Crippen molar-refractivity contribution in [3.8, 4) is 5.75 Å². The Kier molecular flexibility index (Phi) is 10.7. The first-order valence-electron chi connectivity index (χ1n) is 12.9. The van der Waals surface area contributed by atoms with Crippen LogP contribution in [0.1, 0.15) is 55.9 Å². The molecule has 0 radical (unpaired) electrons. The predicted octanol–water partition coefficient (Wildman–Crippen LogP) is 4.83. The van der Waals surface area contributed by atoms with Crippen LogP contribution in [0.4, 0.5) is 0 Å². The van der Waals surface area contributed by atoms with Crippen molar-refractivity contribution in [2.75, 3.05) is 19.3 Å². The van der Waals surface area contributed by atoms with Crippen LogP contribution >= 0.6 is 35.0 Å². The molecule has 1 fully saturated rings. The van der Waals surface area contributed by atoms with Gasteiger partial charge in [0.2, 0.25) is 17.4 Å². The Bertz CT molecular complexity index is 1400. The van der Waals surface area contributed by atoms with Crippen LogP contribution in [0.5, 0.6) is 5.75 Å². The molecule has 1 aliphatic heterocycles. The van der Waals surface area contributed by atoms with Gasteiger partial charge in [-0.25, -0.2) is 9.38 Å². The minimum absolute atomic E-state index is 0.0289. The molecule has 2 N–H and O–H groups in total. The van der Waals surface area contributed by atoms with Crippen LogP contribution < -0.4 is 10.9 Å². The maximum Gasteiger partial charge on any atom is 0.302 e. The van der Waals surface area contributed by atoms with E-state index < -0.39 is 22.9 Å². The lowest BCUT2D eigenvalue weighted by Crippen LogP contribution is -2.44. The fraction of sp³-hybridized carbons (Fsp3) is 0.481. The summed E-state index contributed by atoms with van der Waals surface area (Å²) in [4.78, 5) is 45.5. The second-order valence-corrected chi connectivity index (χ2v) is 11.3. The molecule has 3 heterocycles. The highest BCUT2D eigenvalue weighted by Crippen LogP contribution is 2.24. The molecule has 9 nitrogen and oxygen atoms in total. The van der Waals surface area contributed by atoms with Gasteiger partial charge in [0, 0.05) is 31.6 Å². The third kappa shape index (κ3) is 7.10. The topological polar surface area (TPSA) is 109 Å². The van der Waals surface area contributed by atoms with Gasteiger partial charge in [0.25, 0.3) is 5.91 Å². The lowest BCUT2D eigenvalue weighted by atomic mass is 9.92. The smallest absolute Gasteiger partial charge is 0.302 e. The monoisotopic (exact) mass is 595 g/mol. The van der Waals surface area contributed by atoms with E-state index in [-0.39, 0.29) is 24.8 Å². The van der Waals surface area contributed by atoms with Crippen LogP contribution in [-0.4, -0.2) is 55.1 Å². The largest absolute Gasteiger partial charge is 0.501 e. The number of hydrogen-bond acceptors (Lipinski definition) is 6. The van der Waals surface area contributed by atoms with Crippen LogP contribution in [0.2, 0.25) is 10.0 Å². The molecule has 0 bridgehead atoms. The number of thioether (sulfide) groups is 1. The van der Waals surface area contributed by atoms with Crippen LogP contribution in [0.15, 0.2) is 29.2 Å². The lowest BCUT2D eigenvalue weighted by molar-refractivity contribution is -0.134. The summed E-state index contributed by atoms with van der Waals surface area (Å²) in [6.07, 6.45) is 4.64. The zero-order valence-corrected chi connectivity index (χ0v) is 25.2. The summed E-state index contributed by atoms with van der Waals surface area (Å²) in [5, 5.41) is 14.0. The molecule has 1 saturated heterocycles. The van der Waals surface area contributed by atoms with E-state index in [1.807, 2.05) is 25.0 Å². The van der Waals surface area contributed by atoms with Gasteiger partial charge >= 0.3 is 5.56 Å². The van der Waals surface area contributed by atoms with E-state index in [2.05, 4.69) is 24.1 Å². The van der Waals surface area contributed by atoms with E-state index in [1.165, 1.54) is 16.2 Å². The highest BCUT2D eigenvalue weighted by atomic mass is 35.5. The fourth-order valence-corrected chi connectivity index (χ4v) is 5.62. The number of nitrogens with zero attached hydrogens (tertiary/aromatic N) is 4. The number of piperidine rings is 1. The molecule has 1 aliphatic rings. The van der Waals surface area contributed by atoms with Crippen molar-refractivity contribution in [2.24, 2.45) is 11.8 Å². The van der Waals surface area contributed by atoms with E-state index in [9.17, 15) is 19.5 Å². The number of aromatic hydroxyl groups is 1. The molecule has 0 saturated carbocycles. The molecule has 12 heteroatoms. The minimum atomic E-state index is -0.764. The number of aromatic nitrogens is 3. The van der Waals surface area contributed by atoms with Gasteiger partial charge < -0.3 is 19.9 Å². The number of benzene rings is 1. The number of halogens is 2. The van der Waals surface area contributed by atoms with Gasteiger partial charge in [-0.2, -0.15) is 11.8 Å². The average molecular weight is 597 g/mol. The van der Waals surface area contributed by atoms with Gasteiger partial charge in [0.15, 0.2) is 5.69 Å². The Morgan fingerprint density at radius 2 is 1.82 bits per heavy atom. The molecule has 1 aromatic carbocycles. The van der Waals surface area contributed by atoms with E-state index in [0.29, 0.717) is 52.0 Å². The first kappa shape index (κ1) is 30.8. The SMILES string of the molecule is CC.CSCc1cn(CC(=O)N2CC(C)CC(C)C2)c2nc(C(=O)NCc3ccc(Cl)c(Cl)c3)c(O)c(=O)n12. The number of likely N-dealkylation sites (tertiary alicyclic amines) is 1. The second-order valence-electron chi connectivity index (χ2n) is 9.61. The Morgan fingerprint density at radius 1 is 1.15 bits per heavy atom. The predicted molar refractivity (Wildman–Crippen MR) is 157 cm³/mol. The summed E-state index contributed by atoms with van der Waals surface area (Å²) < 4.78 is 2.84. The molecule has 2 aromatic heterocycles. The quantitative estimate of drug-likeness (QED) is 0.405. The summed E-state index contributed by atoms with van der Waals surface area (Å²) in [7, 11) is 0. The third-order valence-corrected chi connectivity index (χ3v) is 7.69. The number of fused-ring (bicyclic) bond motifs is 1.